The van der Waals surface area contributed by atoms with Crippen LogP contribution in [-0.2, 0) is 0 Å². The lowest BCUT2D eigenvalue weighted by atomic mass is 9.91. The van der Waals surface area contributed by atoms with Crippen LogP contribution in [0.15, 0.2) is 40.4 Å². The van der Waals surface area contributed by atoms with Gasteiger partial charge in [0.15, 0.2) is 11.4 Å². The fourth-order valence-corrected chi connectivity index (χ4v) is 4.77. The highest BCUT2D eigenvalue weighted by molar-refractivity contribution is 7.12. The molecule has 29 heavy (non-hydrogen) atoms. The molecular formula is C21H21N5O2S. The molecule has 1 amide bonds. The highest BCUT2D eigenvalue weighted by Crippen LogP contribution is 2.35. The first kappa shape index (κ1) is 18.1. The monoisotopic (exact) mass is 407 g/mol. The zero-order valence-electron chi connectivity index (χ0n) is 16.3. The Bertz CT molecular complexity index is 1180. The molecule has 0 radical (unpaired) electrons. The number of nitrogens with zero attached hydrogens (tertiary/aromatic N) is 5. The van der Waals surface area contributed by atoms with E-state index >= 15 is 0 Å². The first-order chi connectivity index (χ1) is 14.1. The minimum atomic E-state index is 0.101. The van der Waals surface area contributed by atoms with E-state index in [0.29, 0.717) is 12.3 Å². The van der Waals surface area contributed by atoms with Gasteiger partial charge in [0.2, 0.25) is 0 Å². The van der Waals surface area contributed by atoms with Crippen molar-refractivity contribution >= 4 is 22.9 Å². The maximum atomic E-state index is 12.9. The van der Waals surface area contributed by atoms with Gasteiger partial charge in [-0.15, -0.1) is 11.3 Å². The van der Waals surface area contributed by atoms with Gasteiger partial charge < -0.3 is 9.42 Å². The molecule has 5 rings (SSSR count). The summed E-state index contributed by atoms with van der Waals surface area (Å²) in [5, 5.41) is 10.7. The van der Waals surface area contributed by atoms with E-state index in [0.717, 1.165) is 52.6 Å². The van der Waals surface area contributed by atoms with Crippen molar-refractivity contribution in [3.8, 4) is 11.3 Å². The number of piperidine rings is 1. The number of fused-ring (bicyclic) bond motifs is 1. The number of likely N-dealkylation sites (tertiary alicyclic amines) is 1. The van der Waals surface area contributed by atoms with Crippen LogP contribution in [-0.4, -0.2) is 43.7 Å². The summed E-state index contributed by atoms with van der Waals surface area (Å²) in [5.74, 6) is 0.920. The summed E-state index contributed by atoms with van der Waals surface area (Å²) in [4.78, 5) is 20.2. The van der Waals surface area contributed by atoms with Crippen LogP contribution in [0.5, 0.6) is 0 Å². The fraction of sp³-hybridized carbons (Fsp3) is 0.333. The van der Waals surface area contributed by atoms with E-state index in [-0.39, 0.29) is 11.8 Å². The molecule has 1 saturated heterocycles. The molecule has 1 atom stereocenters. The maximum absolute atomic E-state index is 12.9. The number of hydrogen-bond acceptors (Lipinski definition) is 6. The number of thiophene rings is 1. The molecule has 0 saturated carbocycles. The number of rotatable bonds is 3. The summed E-state index contributed by atoms with van der Waals surface area (Å²) < 4.78 is 7.47. The molecule has 0 aromatic carbocycles. The van der Waals surface area contributed by atoms with E-state index < -0.39 is 0 Å². The quantitative estimate of drug-likeness (QED) is 0.511. The third-order valence-corrected chi connectivity index (χ3v) is 6.22. The van der Waals surface area contributed by atoms with Crippen molar-refractivity contribution in [2.24, 2.45) is 0 Å². The molecule has 1 fully saturated rings. The standard InChI is InChI=1S/C21H21N5O2S/c1-13-10-19-22-11-16(17-9-14(2)24-28-17)20(26(19)23-13)15-5-3-7-25(12-15)21(27)18-6-4-8-29-18/h4,6,8-11,15H,3,5,7,12H2,1-2H3. The van der Waals surface area contributed by atoms with Gasteiger partial charge in [0.25, 0.3) is 5.91 Å². The SMILES string of the molecule is Cc1cc(-c2cnc3cc(C)nn3c2C2CCCN(C(=O)c3cccs3)C2)on1. The van der Waals surface area contributed by atoms with Crippen LogP contribution < -0.4 is 0 Å². The molecular weight excluding hydrogens is 386 g/mol. The summed E-state index contributed by atoms with van der Waals surface area (Å²) in [7, 11) is 0. The Kier molecular flexibility index (Phi) is 4.43. The van der Waals surface area contributed by atoms with Crippen LogP contribution >= 0.6 is 11.3 Å². The Morgan fingerprint density at radius 3 is 2.93 bits per heavy atom. The van der Waals surface area contributed by atoms with Crippen molar-refractivity contribution in [1.29, 1.82) is 0 Å². The Morgan fingerprint density at radius 2 is 2.17 bits per heavy atom. The highest BCUT2D eigenvalue weighted by atomic mass is 32.1. The van der Waals surface area contributed by atoms with Crippen molar-refractivity contribution in [3.05, 3.63) is 57.8 Å². The predicted octanol–water partition coefficient (Wildman–Crippen LogP) is 4.08. The number of aryl methyl sites for hydroxylation is 2. The predicted molar refractivity (Wildman–Crippen MR) is 110 cm³/mol. The molecule has 1 aliphatic rings. The molecule has 148 valence electrons. The van der Waals surface area contributed by atoms with Gasteiger partial charge in [-0.3, -0.25) is 4.79 Å². The maximum Gasteiger partial charge on any atom is 0.263 e. The van der Waals surface area contributed by atoms with Gasteiger partial charge in [-0.1, -0.05) is 11.2 Å². The molecule has 4 aromatic heterocycles. The van der Waals surface area contributed by atoms with E-state index in [1.165, 1.54) is 11.3 Å². The van der Waals surface area contributed by atoms with Crippen LogP contribution in [0.25, 0.3) is 17.0 Å². The van der Waals surface area contributed by atoms with Crippen molar-refractivity contribution < 1.29 is 9.32 Å². The van der Waals surface area contributed by atoms with Gasteiger partial charge in [-0.2, -0.15) is 5.10 Å². The molecule has 0 N–H and O–H groups in total. The number of hydrogen-bond donors (Lipinski definition) is 0. The van der Waals surface area contributed by atoms with Crippen LogP contribution in [0.1, 0.15) is 45.5 Å². The molecule has 1 aliphatic heterocycles. The first-order valence-electron chi connectivity index (χ1n) is 9.72. The van der Waals surface area contributed by atoms with E-state index in [2.05, 4.69) is 10.1 Å². The summed E-state index contributed by atoms with van der Waals surface area (Å²) >= 11 is 1.49. The second-order valence-electron chi connectivity index (χ2n) is 7.51. The van der Waals surface area contributed by atoms with E-state index in [1.807, 2.05) is 59.1 Å². The second kappa shape index (κ2) is 7.11. The minimum Gasteiger partial charge on any atom is -0.356 e. The van der Waals surface area contributed by atoms with Crippen molar-refractivity contribution in [2.45, 2.75) is 32.6 Å². The van der Waals surface area contributed by atoms with Crippen LogP contribution in [0.4, 0.5) is 0 Å². The largest absolute Gasteiger partial charge is 0.356 e. The molecule has 0 spiro atoms. The second-order valence-corrected chi connectivity index (χ2v) is 8.46. The first-order valence-corrected chi connectivity index (χ1v) is 10.6. The van der Waals surface area contributed by atoms with Crippen LogP contribution in [0, 0.1) is 13.8 Å². The van der Waals surface area contributed by atoms with Crippen molar-refractivity contribution in [3.63, 3.8) is 0 Å². The summed E-state index contributed by atoms with van der Waals surface area (Å²) in [6.45, 7) is 5.29. The Labute approximate surface area is 172 Å². The molecule has 4 aromatic rings. The van der Waals surface area contributed by atoms with Gasteiger partial charge in [0, 0.05) is 37.3 Å². The highest BCUT2D eigenvalue weighted by Gasteiger charge is 2.30. The van der Waals surface area contributed by atoms with Gasteiger partial charge >= 0.3 is 0 Å². The molecule has 7 nitrogen and oxygen atoms in total. The normalized spacial score (nSPS) is 17.2. The lowest BCUT2D eigenvalue weighted by Gasteiger charge is -2.33. The molecule has 1 unspecified atom stereocenters. The zero-order chi connectivity index (χ0) is 20.0. The Morgan fingerprint density at radius 1 is 1.28 bits per heavy atom. The Balaban J connectivity index is 1.58. The number of aromatic nitrogens is 4. The average molecular weight is 407 g/mol. The van der Waals surface area contributed by atoms with Crippen LogP contribution in [0.3, 0.4) is 0 Å². The zero-order valence-corrected chi connectivity index (χ0v) is 17.1. The third kappa shape index (κ3) is 3.23. The van der Waals surface area contributed by atoms with Crippen molar-refractivity contribution in [1.82, 2.24) is 24.7 Å². The topological polar surface area (TPSA) is 76.5 Å². The molecule has 8 heteroatoms. The molecule has 0 bridgehead atoms. The van der Waals surface area contributed by atoms with E-state index in [9.17, 15) is 4.79 Å². The number of carbonyl (C=O) groups excluding carboxylic acids is 1. The lowest BCUT2D eigenvalue weighted by molar-refractivity contribution is 0.0710. The minimum absolute atomic E-state index is 0.101. The van der Waals surface area contributed by atoms with E-state index in [4.69, 9.17) is 9.62 Å². The van der Waals surface area contributed by atoms with Gasteiger partial charge in [-0.25, -0.2) is 9.50 Å². The summed E-state index contributed by atoms with van der Waals surface area (Å²) in [5.41, 5.74) is 4.45. The average Bonchev–Trinajstić information content (AvgIpc) is 3.46. The number of amides is 1. The smallest absolute Gasteiger partial charge is 0.263 e. The Hall–Kier alpha value is -3.00. The number of carbonyl (C=O) groups is 1. The van der Waals surface area contributed by atoms with Crippen LogP contribution in [0.2, 0.25) is 0 Å². The van der Waals surface area contributed by atoms with Gasteiger partial charge in [-0.05, 0) is 38.1 Å². The summed E-state index contributed by atoms with van der Waals surface area (Å²) in [6.07, 6.45) is 3.76. The summed E-state index contributed by atoms with van der Waals surface area (Å²) in [6, 6.07) is 7.69. The molecule has 5 heterocycles. The fourth-order valence-electron chi connectivity index (χ4n) is 4.08. The third-order valence-electron chi connectivity index (χ3n) is 5.36. The van der Waals surface area contributed by atoms with Gasteiger partial charge in [0.05, 0.1) is 27.5 Å². The lowest BCUT2D eigenvalue weighted by Crippen LogP contribution is -2.39. The van der Waals surface area contributed by atoms with Gasteiger partial charge in [0.1, 0.15) is 0 Å². The van der Waals surface area contributed by atoms with E-state index in [1.54, 1.807) is 0 Å². The van der Waals surface area contributed by atoms with Crippen molar-refractivity contribution in [2.75, 3.05) is 13.1 Å². The molecule has 0 aliphatic carbocycles.